The monoisotopic (exact) mass is 404 g/mol. The zero-order valence-electron chi connectivity index (χ0n) is 10.1. The highest BCUT2D eigenvalue weighted by atomic mass is 79.9. The van der Waals surface area contributed by atoms with Crippen LogP contribution < -0.4 is 10.1 Å². The van der Waals surface area contributed by atoms with E-state index >= 15 is 0 Å². The largest absolute Gasteiger partial charge is 0.436 e. The Morgan fingerprint density at radius 1 is 1.32 bits per heavy atom. The van der Waals surface area contributed by atoms with Gasteiger partial charge in [-0.15, -0.1) is 0 Å². The van der Waals surface area contributed by atoms with Gasteiger partial charge in [0.25, 0.3) is 0 Å². The second-order valence-corrected chi connectivity index (χ2v) is 6.01. The van der Waals surface area contributed by atoms with Crippen LogP contribution in [0.25, 0.3) is 0 Å². The van der Waals surface area contributed by atoms with Gasteiger partial charge in [-0.2, -0.15) is 0 Å². The van der Waals surface area contributed by atoms with Crippen LogP contribution in [0.1, 0.15) is 5.56 Å². The van der Waals surface area contributed by atoms with Crippen molar-refractivity contribution < 1.29 is 4.74 Å². The van der Waals surface area contributed by atoms with Crippen molar-refractivity contribution in [3.8, 4) is 11.6 Å². The molecule has 0 spiro atoms. The van der Waals surface area contributed by atoms with Crippen LogP contribution in [0.15, 0.2) is 39.4 Å². The van der Waals surface area contributed by atoms with E-state index in [0.717, 1.165) is 21.1 Å². The SMILES string of the molecule is CNCc1cnc(Oc2ccc(Br)cc2Br)c(Cl)c1. The topological polar surface area (TPSA) is 34.2 Å². The molecule has 0 radical (unpaired) electrons. The van der Waals surface area contributed by atoms with Crippen LogP contribution >= 0.6 is 43.5 Å². The molecule has 0 aliphatic heterocycles. The van der Waals surface area contributed by atoms with Gasteiger partial charge >= 0.3 is 0 Å². The van der Waals surface area contributed by atoms with E-state index in [4.69, 9.17) is 16.3 Å². The number of ether oxygens (including phenoxy) is 1. The van der Waals surface area contributed by atoms with Gasteiger partial charge in [-0.1, -0.05) is 27.5 Å². The predicted octanol–water partition coefficient (Wildman–Crippen LogP) is 4.77. The summed E-state index contributed by atoms with van der Waals surface area (Å²) < 4.78 is 7.50. The van der Waals surface area contributed by atoms with Crippen LogP contribution in [0.4, 0.5) is 0 Å². The third-order valence-electron chi connectivity index (χ3n) is 2.35. The molecule has 0 saturated carbocycles. The van der Waals surface area contributed by atoms with E-state index < -0.39 is 0 Å². The van der Waals surface area contributed by atoms with E-state index in [1.165, 1.54) is 0 Å². The Kier molecular flexibility index (Phi) is 5.21. The molecule has 100 valence electrons. The molecule has 1 aromatic carbocycles. The minimum Gasteiger partial charge on any atom is -0.436 e. The molecule has 2 aromatic rings. The van der Waals surface area contributed by atoms with Crippen molar-refractivity contribution >= 4 is 43.5 Å². The summed E-state index contributed by atoms with van der Waals surface area (Å²) in [6.07, 6.45) is 1.74. The molecular formula is C13H11Br2ClN2O. The Morgan fingerprint density at radius 3 is 2.74 bits per heavy atom. The number of hydrogen-bond acceptors (Lipinski definition) is 3. The van der Waals surface area contributed by atoms with Crippen LogP contribution in [0.5, 0.6) is 11.6 Å². The summed E-state index contributed by atoms with van der Waals surface area (Å²) >= 11 is 13.0. The van der Waals surface area contributed by atoms with E-state index in [2.05, 4.69) is 42.2 Å². The van der Waals surface area contributed by atoms with E-state index in [1.54, 1.807) is 6.20 Å². The number of rotatable bonds is 4. The Balaban J connectivity index is 2.23. The van der Waals surface area contributed by atoms with Crippen molar-refractivity contribution in [3.63, 3.8) is 0 Å². The molecule has 1 aromatic heterocycles. The fourth-order valence-electron chi connectivity index (χ4n) is 1.50. The summed E-state index contributed by atoms with van der Waals surface area (Å²) in [5, 5.41) is 3.53. The third kappa shape index (κ3) is 3.92. The fourth-order valence-corrected chi connectivity index (χ4v) is 2.86. The smallest absolute Gasteiger partial charge is 0.238 e. The molecule has 0 saturated heterocycles. The zero-order chi connectivity index (χ0) is 13.8. The molecule has 0 atom stereocenters. The Morgan fingerprint density at radius 2 is 2.11 bits per heavy atom. The summed E-state index contributed by atoms with van der Waals surface area (Å²) in [6.45, 7) is 0.717. The van der Waals surface area contributed by atoms with Crippen molar-refractivity contribution in [2.75, 3.05) is 7.05 Å². The Hall–Kier alpha value is -0.620. The molecular weight excluding hydrogens is 395 g/mol. The lowest BCUT2D eigenvalue weighted by Crippen LogP contribution is -2.05. The van der Waals surface area contributed by atoms with Crippen LogP contribution in [0.3, 0.4) is 0 Å². The summed E-state index contributed by atoms with van der Waals surface area (Å²) in [4.78, 5) is 4.23. The van der Waals surface area contributed by atoms with Gasteiger partial charge in [0.15, 0.2) is 0 Å². The average molecular weight is 407 g/mol. The van der Waals surface area contributed by atoms with Crippen LogP contribution in [0, 0.1) is 0 Å². The van der Waals surface area contributed by atoms with E-state index in [0.29, 0.717) is 16.7 Å². The molecule has 2 rings (SSSR count). The molecule has 0 aliphatic carbocycles. The summed E-state index contributed by atoms with van der Waals surface area (Å²) in [5.74, 6) is 1.06. The number of pyridine rings is 1. The summed E-state index contributed by atoms with van der Waals surface area (Å²) in [7, 11) is 1.87. The third-order valence-corrected chi connectivity index (χ3v) is 3.73. The number of nitrogens with zero attached hydrogens (tertiary/aromatic N) is 1. The second kappa shape index (κ2) is 6.70. The molecule has 0 bridgehead atoms. The molecule has 1 N–H and O–H groups in total. The number of halogens is 3. The van der Waals surface area contributed by atoms with E-state index in [9.17, 15) is 0 Å². The van der Waals surface area contributed by atoms with Crippen molar-refractivity contribution in [3.05, 3.63) is 50.0 Å². The highest BCUT2D eigenvalue weighted by Crippen LogP contribution is 2.34. The normalized spacial score (nSPS) is 10.5. The van der Waals surface area contributed by atoms with Crippen LogP contribution in [0.2, 0.25) is 5.02 Å². The maximum absolute atomic E-state index is 6.16. The Labute approximate surface area is 133 Å². The predicted molar refractivity (Wildman–Crippen MR) is 83.9 cm³/mol. The highest BCUT2D eigenvalue weighted by molar-refractivity contribution is 9.11. The van der Waals surface area contributed by atoms with Crippen molar-refractivity contribution in [1.29, 1.82) is 0 Å². The molecule has 1 heterocycles. The van der Waals surface area contributed by atoms with E-state index in [1.807, 2.05) is 31.3 Å². The number of nitrogens with one attached hydrogen (secondary N) is 1. The number of benzene rings is 1. The van der Waals surface area contributed by atoms with Gasteiger partial charge < -0.3 is 10.1 Å². The molecule has 0 unspecified atom stereocenters. The van der Waals surface area contributed by atoms with Gasteiger partial charge in [0.05, 0.1) is 4.47 Å². The molecule has 19 heavy (non-hydrogen) atoms. The standard InChI is InChI=1S/C13H11Br2ClN2O/c1-17-6-8-4-11(16)13(18-7-8)19-12-3-2-9(14)5-10(12)15/h2-5,7,17H,6H2,1H3. The zero-order valence-corrected chi connectivity index (χ0v) is 14.0. The molecule has 0 amide bonds. The highest BCUT2D eigenvalue weighted by Gasteiger charge is 2.09. The minimum atomic E-state index is 0.393. The van der Waals surface area contributed by atoms with Gasteiger partial charge in [0, 0.05) is 17.2 Å². The first-order valence-corrected chi connectivity index (χ1v) is 7.48. The maximum Gasteiger partial charge on any atom is 0.238 e. The first-order valence-electron chi connectivity index (χ1n) is 5.52. The summed E-state index contributed by atoms with van der Waals surface area (Å²) in [6, 6.07) is 7.48. The van der Waals surface area contributed by atoms with Crippen LogP contribution in [-0.2, 0) is 6.54 Å². The van der Waals surface area contributed by atoms with Gasteiger partial charge in [0.2, 0.25) is 5.88 Å². The molecule has 0 aliphatic rings. The van der Waals surface area contributed by atoms with Crippen molar-refractivity contribution in [1.82, 2.24) is 10.3 Å². The second-order valence-electron chi connectivity index (χ2n) is 3.84. The molecule has 3 nitrogen and oxygen atoms in total. The first-order chi connectivity index (χ1) is 9.10. The van der Waals surface area contributed by atoms with Crippen LogP contribution in [-0.4, -0.2) is 12.0 Å². The van der Waals surface area contributed by atoms with Gasteiger partial charge in [-0.25, -0.2) is 4.98 Å². The average Bonchev–Trinajstić information content (AvgIpc) is 2.36. The lowest BCUT2D eigenvalue weighted by Gasteiger charge is -2.09. The quantitative estimate of drug-likeness (QED) is 0.794. The lowest BCUT2D eigenvalue weighted by atomic mass is 10.3. The van der Waals surface area contributed by atoms with Crippen molar-refractivity contribution in [2.24, 2.45) is 0 Å². The molecule has 0 fully saturated rings. The maximum atomic E-state index is 6.16. The van der Waals surface area contributed by atoms with Gasteiger partial charge in [-0.05, 0) is 52.8 Å². The number of hydrogen-bond donors (Lipinski definition) is 1. The van der Waals surface area contributed by atoms with E-state index in [-0.39, 0.29) is 0 Å². The minimum absolute atomic E-state index is 0.393. The van der Waals surface area contributed by atoms with Crippen molar-refractivity contribution in [2.45, 2.75) is 6.54 Å². The molecule has 6 heteroatoms. The van der Waals surface area contributed by atoms with Gasteiger partial charge in [0.1, 0.15) is 10.8 Å². The lowest BCUT2D eigenvalue weighted by molar-refractivity contribution is 0.459. The first kappa shape index (κ1) is 14.8. The summed E-state index contributed by atoms with van der Waals surface area (Å²) in [5.41, 5.74) is 1.01. The fraction of sp³-hybridized carbons (Fsp3) is 0.154. The van der Waals surface area contributed by atoms with Gasteiger partial charge in [-0.3, -0.25) is 0 Å². The Bertz CT molecular complexity index is 593. The number of aromatic nitrogens is 1.